The van der Waals surface area contributed by atoms with Crippen molar-refractivity contribution < 1.29 is 19.8 Å². The van der Waals surface area contributed by atoms with Gasteiger partial charge in [-0.1, -0.05) is 6.07 Å². The number of anilines is 1. The molecule has 2 aromatic rings. The lowest BCUT2D eigenvalue weighted by Crippen LogP contribution is -2.37. The monoisotopic (exact) mass is 394 g/mol. The standard InChI is InChI=1S/C21H22N4O4/c1-11-5-6-16(7-12(11)2)25-21(29)19(14(4)24-25)13(3)22-23-20(28)15-8-17(26)10-18(27)9-15/h5-10,22,26-27H,1-4H3,(H,23,28)/b19-13-. The molecule has 0 bridgehead atoms. The highest BCUT2D eigenvalue weighted by atomic mass is 16.3. The summed E-state index contributed by atoms with van der Waals surface area (Å²) < 4.78 is 0. The lowest BCUT2D eigenvalue weighted by Gasteiger charge is -2.15. The summed E-state index contributed by atoms with van der Waals surface area (Å²) in [6, 6.07) is 9.21. The molecular weight excluding hydrogens is 372 g/mol. The minimum absolute atomic E-state index is 0.0627. The molecule has 8 nitrogen and oxygen atoms in total. The Balaban J connectivity index is 1.78. The first kappa shape index (κ1) is 19.9. The van der Waals surface area contributed by atoms with Gasteiger partial charge in [0.05, 0.1) is 17.0 Å². The quantitative estimate of drug-likeness (QED) is 0.470. The Morgan fingerprint density at radius 1 is 0.966 bits per heavy atom. The molecule has 0 radical (unpaired) electrons. The molecule has 0 saturated carbocycles. The zero-order chi connectivity index (χ0) is 21.3. The summed E-state index contributed by atoms with van der Waals surface area (Å²) in [4.78, 5) is 25.1. The second-order valence-corrected chi connectivity index (χ2v) is 6.89. The zero-order valence-electron chi connectivity index (χ0n) is 16.6. The Kier molecular flexibility index (Phi) is 5.27. The molecule has 0 spiro atoms. The van der Waals surface area contributed by atoms with Gasteiger partial charge in [0.1, 0.15) is 11.5 Å². The van der Waals surface area contributed by atoms with Crippen LogP contribution in [0.2, 0.25) is 0 Å². The molecule has 0 aromatic heterocycles. The SMILES string of the molecule is CC1=NN(c2ccc(C)c(C)c2)C(=O)/C1=C(/C)NNC(=O)c1cc(O)cc(O)c1. The normalized spacial score (nSPS) is 15.2. The number of amides is 2. The molecule has 2 amide bonds. The van der Waals surface area contributed by atoms with E-state index in [0.29, 0.717) is 22.7 Å². The Bertz CT molecular complexity index is 1050. The number of hydrogen-bond donors (Lipinski definition) is 4. The van der Waals surface area contributed by atoms with E-state index in [1.807, 2.05) is 32.0 Å². The molecule has 0 fully saturated rings. The molecule has 0 saturated heterocycles. The van der Waals surface area contributed by atoms with Crippen LogP contribution < -0.4 is 15.9 Å². The molecule has 29 heavy (non-hydrogen) atoms. The second kappa shape index (κ2) is 7.67. The maximum Gasteiger partial charge on any atom is 0.282 e. The van der Waals surface area contributed by atoms with E-state index in [1.165, 1.54) is 17.1 Å². The number of hydrazone groups is 1. The van der Waals surface area contributed by atoms with Crippen molar-refractivity contribution in [2.24, 2.45) is 5.10 Å². The average Bonchev–Trinajstić information content (AvgIpc) is 2.95. The fourth-order valence-electron chi connectivity index (χ4n) is 2.98. The van der Waals surface area contributed by atoms with Crippen LogP contribution in [0.3, 0.4) is 0 Å². The number of hydrazine groups is 1. The molecule has 4 N–H and O–H groups in total. The first-order valence-corrected chi connectivity index (χ1v) is 8.95. The fourth-order valence-corrected chi connectivity index (χ4v) is 2.98. The lowest BCUT2D eigenvalue weighted by molar-refractivity contribution is -0.114. The van der Waals surface area contributed by atoms with Crippen LogP contribution in [-0.2, 0) is 4.79 Å². The van der Waals surface area contributed by atoms with Gasteiger partial charge in [0.25, 0.3) is 11.8 Å². The summed E-state index contributed by atoms with van der Waals surface area (Å²) in [6.45, 7) is 7.33. The van der Waals surface area contributed by atoms with Crippen LogP contribution in [0.15, 0.2) is 52.8 Å². The Morgan fingerprint density at radius 3 is 2.24 bits per heavy atom. The van der Waals surface area contributed by atoms with Crippen LogP contribution in [0.5, 0.6) is 11.5 Å². The van der Waals surface area contributed by atoms with Gasteiger partial charge in [0.15, 0.2) is 0 Å². The van der Waals surface area contributed by atoms with Crippen molar-refractivity contribution in [2.45, 2.75) is 27.7 Å². The van der Waals surface area contributed by atoms with E-state index in [0.717, 1.165) is 17.2 Å². The Morgan fingerprint density at radius 2 is 1.62 bits per heavy atom. The molecule has 3 rings (SSSR count). The van der Waals surface area contributed by atoms with Gasteiger partial charge in [0, 0.05) is 17.3 Å². The van der Waals surface area contributed by atoms with E-state index >= 15 is 0 Å². The predicted octanol–water partition coefficient (Wildman–Crippen LogP) is 2.65. The van der Waals surface area contributed by atoms with Crippen molar-refractivity contribution in [3.8, 4) is 11.5 Å². The van der Waals surface area contributed by atoms with Crippen LogP contribution in [0.25, 0.3) is 0 Å². The maximum absolute atomic E-state index is 12.9. The van der Waals surface area contributed by atoms with E-state index < -0.39 is 5.91 Å². The molecule has 1 aliphatic heterocycles. The van der Waals surface area contributed by atoms with Crippen LogP contribution in [0, 0.1) is 13.8 Å². The number of rotatable bonds is 4. The molecule has 0 unspecified atom stereocenters. The largest absolute Gasteiger partial charge is 0.508 e. The number of benzene rings is 2. The molecular formula is C21H22N4O4. The first-order valence-electron chi connectivity index (χ1n) is 8.95. The van der Waals surface area contributed by atoms with Crippen LogP contribution in [0.1, 0.15) is 35.3 Å². The summed E-state index contributed by atoms with van der Waals surface area (Å²) in [5.41, 5.74) is 9.34. The van der Waals surface area contributed by atoms with E-state index in [4.69, 9.17) is 0 Å². The summed E-state index contributed by atoms with van der Waals surface area (Å²) >= 11 is 0. The number of phenolic OH excluding ortho intramolecular Hbond substituents is 2. The van der Waals surface area contributed by atoms with E-state index in [9.17, 15) is 19.8 Å². The third kappa shape index (κ3) is 4.06. The van der Waals surface area contributed by atoms with Crippen LogP contribution in [0.4, 0.5) is 5.69 Å². The number of carbonyl (C=O) groups is 2. The highest BCUT2D eigenvalue weighted by molar-refractivity contribution is 6.30. The third-order valence-electron chi connectivity index (χ3n) is 4.66. The average molecular weight is 394 g/mol. The highest BCUT2D eigenvalue weighted by Gasteiger charge is 2.31. The van der Waals surface area contributed by atoms with Crippen molar-refractivity contribution >= 4 is 23.2 Å². The van der Waals surface area contributed by atoms with Gasteiger partial charge in [-0.15, -0.1) is 0 Å². The molecule has 0 aliphatic carbocycles. The molecule has 1 heterocycles. The molecule has 0 atom stereocenters. The third-order valence-corrected chi connectivity index (χ3v) is 4.66. The van der Waals surface area contributed by atoms with Crippen molar-refractivity contribution in [1.82, 2.24) is 10.9 Å². The van der Waals surface area contributed by atoms with Gasteiger partial charge in [-0.3, -0.25) is 15.0 Å². The summed E-state index contributed by atoms with van der Waals surface area (Å²) in [6.07, 6.45) is 0. The number of nitrogens with zero attached hydrogens (tertiary/aromatic N) is 2. The second-order valence-electron chi connectivity index (χ2n) is 6.89. The number of allylic oxidation sites excluding steroid dienone is 1. The number of phenols is 2. The topological polar surface area (TPSA) is 114 Å². The van der Waals surface area contributed by atoms with Crippen molar-refractivity contribution in [3.63, 3.8) is 0 Å². The van der Waals surface area contributed by atoms with Crippen molar-refractivity contribution in [2.75, 3.05) is 5.01 Å². The zero-order valence-corrected chi connectivity index (χ0v) is 16.6. The van der Waals surface area contributed by atoms with E-state index in [1.54, 1.807) is 13.8 Å². The first-order chi connectivity index (χ1) is 13.7. The molecule has 2 aromatic carbocycles. The number of nitrogens with one attached hydrogen (secondary N) is 2. The van der Waals surface area contributed by atoms with Crippen molar-refractivity contribution in [3.05, 3.63) is 64.4 Å². The summed E-state index contributed by atoms with van der Waals surface area (Å²) in [7, 11) is 0. The van der Waals surface area contributed by atoms with Crippen LogP contribution in [-0.4, -0.2) is 27.7 Å². The number of aromatic hydroxyl groups is 2. The maximum atomic E-state index is 12.9. The summed E-state index contributed by atoms with van der Waals surface area (Å²) in [5, 5.41) is 24.7. The van der Waals surface area contributed by atoms with Gasteiger partial charge in [0.2, 0.25) is 0 Å². The molecule has 8 heteroatoms. The lowest BCUT2D eigenvalue weighted by atomic mass is 10.1. The summed E-state index contributed by atoms with van der Waals surface area (Å²) in [5.74, 6) is -1.35. The highest BCUT2D eigenvalue weighted by Crippen LogP contribution is 2.26. The molecule has 1 aliphatic rings. The van der Waals surface area contributed by atoms with Gasteiger partial charge < -0.3 is 15.6 Å². The minimum atomic E-state index is -0.581. The van der Waals surface area contributed by atoms with Gasteiger partial charge in [-0.2, -0.15) is 10.1 Å². The number of hydrogen-bond acceptors (Lipinski definition) is 6. The van der Waals surface area contributed by atoms with Gasteiger partial charge in [-0.25, -0.2) is 0 Å². The minimum Gasteiger partial charge on any atom is -0.508 e. The van der Waals surface area contributed by atoms with Crippen molar-refractivity contribution in [1.29, 1.82) is 0 Å². The van der Waals surface area contributed by atoms with Gasteiger partial charge >= 0.3 is 0 Å². The fraction of sp³-hybridized carbons (Fsp3) is 0.190. The van der Waals surface area contributed by atoms with Crippen LogP contribution >= 0.6 is 0 Å². The predicted molar refractivity (Wildman–Crippen MR) is 110 cm³/mol. The Hall–Kier alpha value is -3.81. The van der Waals surface area contributed by atoms with E-state index in [2.05, 4.69) is 16.0 Å². The molecule has 150 valence electrons. The number of carbonyl (C=O) groups excluding carboxylic acids is 2. The smallest absolute Gasteiger partial charge is 0.282 e. The Labute approximate surface area is 168 Å². The van der Waals surface area contributed by atoms with E-state index in [-0.39, 0.29) is 23.0 Å². The van der Waals surface area contributed by atoms with Gasteiger partial charge in [-0.05, 0) is 63.1 Å². The number of aryl methyl sites for hydroxylation is 2.